The summed E-state index contributed by atoms with van der Waals surface area (Å²) >= 11 is 0. The monoisotopic (exact) mass is 359 g/mol. The van der Waals surface area contributed by atoms with Crippen molar-refractivity contribution in [2.45, 2.75) is 39.2 Å². The molecule has 4 nitrogen and oxygen atoms in total. The molecule has 0 saturated heterocycles. The zero-order chi connectivity index (χ0) is 18.8. The number of ether oxygens (including phenoxy) is 1. The van der Waals surface area contributed by atoms with Crippen LogP contribution >= 0.6 is 0 Å². The largest absolute Gasteiger partial charge is 0.496 e. The third-order valence-electron chi connectivity index (χ3n) is 5.23. The Balaban J connectivity index is 1.66. The predicted molar refractivity (Wildman–Crippen MR) is 109 cm³/mol. The van der Waals surface area contributed by atoms with Crippen molar-refractivity contribution in [2.24, 2.45) is 0 Å². The van der Waals surface area contributed by atoms with Crippen molar-refractivity contribution in [1.82, 2.24) is 9.97 Å². The number of hydrogen-bond donors (Lipinski definition) is 1. The van der Waals surface area contributed by atoms with Gasteiger partial charge in [-0.3, -0.25) is 0 Å². The van der Waals surface area contributed by atoms with Crippen LogP contribution in [0.15, 0.2) is 48.5 Å². The number of anilines is 1. The Hall–Kier alpha value is -2.88. The first-order valence-corrected chi connectivity index (χ1v) is 9.49. The molecule has 0 aliphatic heterocycles. The van der Waals surface area contributed by atoms with E-state index in [1.807, 2.05) is 26.0 Å². The number of aryl methyl sites for hydroxylation is 3. The number of rotatable bonds is 4. The van der Waals surface area contributed by atoms with Gasteiger partial charge in [0.1, 0.15) is 17.4 Å². The number of benzene rings is 2. The molecule has 138 valence electrons. The van der Waals surface area contributed by atoms with Crippen LogP contribution in [0, 0.1) is 13.8 Å². The standard InChI is InChI=1S/C23H25N3O/c1-15-11-12-18(13-22(15)27-3)21-14-23(25-16(2)24-21)26-20-10-6-8-17-7-4-5-9-19(17)20/h4-5,7,9,11-14,20H,6,8,10H2,1-3H3,(H,24,25,26). The predicted octanol–water partition coefficient (Wildman–Crippen LogP) is 5.26. The van der Waals surface area contributed by atoms with Gasteiger partial charge in [0, 0.05) is 11.6 Å². The van der Waals surface area contributed by atoms with E-state index in [1.165, 1.54) is 17.5 Å². The van der Waals surface area contributed by atoms with Crippen LogP contribution in [-0.2, 0) is 6.42 Å². The van der Waals surface area contributed by atoms with Crippen LogP contribution in [0.5, 0.6) is 5.75 Å². The van der Waals surface area contributed by atoms with Crippen molar-refractivity contribution in [1.29, 1.82) is 0 Å². The van der Waals surface area contributed by atoms with E-state index in [0.717, 1.165) is 47.1 Å². The van der Waals surface area contributed by atoms with Gasteiger partial charge in [0.15, 0.2) is 0 Å². The van der Waals surface area contributed by atoms with Crippen molar-refractivity contribution in [3.63, 3.8) is 0 Å². The molecule has 1 aliphatic rings. The zero-order valence-electron chi connectivity index (χ0n) is 16.1. The van der Waals surface area contributed by atoms with Crippen molar-refractivity contribution in [3.05, 3.63) is 71.0 Å². The zero-order valence-corrected chi connectivity index (χ0v) is 16.1. The number of hydrogen-bond acceptors (Lipinski definition) is 4. The molecule has 1 N–H and O–H groups in total. The molecule has 0 saturated carbocycles. The van der Waals surface area contributed by atoms with Crippen LogP contribution in [0.25, 0.3) is 11.3 Å². The molecular formula is C23H25N3O. The fourth-order valence-corrected chi connectivity index (χ4v) is 3.85. The van der Waals surface area contributed by atoms with Gasteiger partial charge < -0.3 is 10.1 Å². The molecule has 4 heteroatoms. The number of fused-ring (bicyclic) bond motifs is 1. The number of aromatic nitrogens is 2. The molecule has 1 atom stereocenters. The van der Waals surface area contributed by atoms with Crippen LogP contribution in [0.1, 0.15) is 41.4 Å². The highest BCUT2D eigenvalue weighted by Crippen LogP contribution is 2.33. The number of nitrogens with one attached hydrogen (secondary N) is 1. The van der Waals surface area contributed by atoms with E-state index in [4.69, 9.17) is 4.74 Å². The Bertz CT molecular complexity index is 968. The summed E-state index contributed by atoms with van der Waals surface area (Å²) in [5.41, 5.74) is 5.89. The minimum absolute atomic E-state index is 0.296. The highest BCUT2D eigenvalue weighted by atomic mass is 16.5. The maximum absolute atomic E-state index is 5.47. The number of methoxy groups -OCH3 is 1. The molecule has 0 radical (unpaired) electrons. The van der Waals surface area contributed by atoms with E-state index in [1.54, 1.807) is 7.11 Å². The SMILES string of the molecule is COc1cc(-c2cc(NC3CCCc4ccccc43)nc(C)n2)ccc1C. The maximum Gasteiger partial charge on any atom is 0.130 e. The average molecular weight is 359 g/mol. The van der Waals surface area contributed by atoms with Crippen LogP contribution in [-0.4, -0.2) is 17.1 Å². The fourth-order valence-electron chi connectivity index (χ4n) is 3.85. The second-order valence-corrected chi connectivity index (χ2v) is 7.16. The van der Waals surface area contributed by atoms with E-state index in [2.05, 4.69) is 51.7 Å². The van der Waals surface area contributed by atoms with E-state index >= 15 is 0 Å². The molecular weight excluding hydrogens is 334 g/mol. The van der Waals surface area contributed by atoms with Gasteiger partial charge in [0.05, 0.1) is 18.8 Å². The minimum atomic E-state index is 0.296. The Morgan fingerprint density at radius 3 is 2.74 bits per heavy atom. The molecule has 0 fully saturated rings. The Kier molecular flexibility index (Phi) is 4.80. The molecule has 0 spiro atoms. The molecule has 3 aromatic rings. The lowest BCUT2D eigenvalue weighted by Gasteiger charge is -2.27. The van der Waals surface area contributed by atoms with E-state index in [9.17, 15) is 0 Å². The van der Waals surface area contributed by atoms with Gasteiger partial charge in [-0.1, -0.05) is 36.4 Å². The van der Waals surface area contributed by atoms with E-state index in [-0.39, 0.29) is 0 Å². The topological polar surface area (TPSA) is 47.0 Å². The molecule has 1 aromatic heterocycles. The summed E-state index contributed by atoms with van der Waals surface area (Å²) in [7, 11) is 1.70. The van der Waals surface area contributed by atoms with Gasteiger partial charge in [0.25, 0.3) is 0 Å². The molecule has 1 heterocycles. The Morgan fingerprint density at radius 2 is 1.89 bits per heavy atom. The molecule has 1 unspecified atom stereocenters. The second-order valence-electron chi connectivity index (χ2n) is 7.16. The summed E-state index contributed by atoms with van der Waals surface area (Å²) in [6.45, 7) is 3.98. The normalized spacial score (nSPS) is 15.9. The first-order valence-electron chi connectivity index (χ1n) is 9.49. The van der Waals surface area contributed by atoms with E-state index in [0.29, 0.717) is 6.04 Å². The lowest BCUT2D eigenvalue weighted by molar-refractivity contribution is 0.412. The smallest absolute Gasteiger partial charge is 0.130 e. The Labute approximate surface area is 160 Å². The third-order valence-corrected chi connectivity index (χ3v) is 5.23. The lowest BCUT2D eigenvalue weighted by Crippen LogP contribution is -2.18. The van der Waals surface area contributed by atoms with Gasteiger partial charge in [-0.15, -0.1) is 0 Å². The van der Waals surface area contributed by atoms with Gasteiger partial charge in [-0.2, -0.15) is 0 Å². The molecule has 4 rings (SSSR count). The first kappa shape index (κ1) is 17.5. The van der Waals surface area contributed by atoms with Crippen LogP contribution in [0.4, 0.5) is 5.82 Å². The maximum atomic E-state index is 5.47. The molecule has 0 amide bonds. The lowest BCUT2D eigenvalue weighted by atomic mass is 9.88. The van der Waals surface area contributed by atoms with Gasteiger partial charge in [-0.05, 0) is 55.9 Å². The summed E-state index contributed by atoms with van der Waals surface area (Å²) in [6.07, 6.45) is 3.47. The summed E-state index contributed by atoms with van der Waals surface area (Å²) < 4.78 is 5.47. The first-order chi connectivity index (χ1) is 13.1. The van der Waals surface area contributed by atoms with Crippen molar-refractivity contribution < 1.29 is 4.74 Å². The second kappa shape index (κ2) is 7.39. The van der Waals surface area contributed by atoms with Gasteiger partial charge >= 0.3 is 0 Å². The van der Waals surface area contributed by atoms with Crippen molar-refractivity contribution in [2.75, 3.05) is 12.4 Å². The van der Waals surface area contributed by atoms with Gasteiger partial charge in [0.2, 0.25) is 0 Å². The third kappa shape index (κ3) is 3.65. The summed E-state index contributed by atoms with van der Waals surface area (Å²) in [5.74, 6) is 2.51. The molecule has 2 aromatic carbocycles. The van der Waals surface area contributed by atoms with Crippen LogP contribution in [0.3, 0.4) is 0 Å². The van der Waals surface area contributed by atoms with Crippen LogP contribution < -0.4 is 10.1 Å². The van der Waals surface area contributed by atoms with Gasteiger partial charge in [-0.25, -0.2) is 9.97 Å². The average Bonchev–Trinajstić information content (AvgIpc) is 2.68. The van der Waals surface area contributed by atoms with Crippen molar-refractivity contribution >= 4 is 5.82 Å². The molecule has 27 heavy (non-hydrogen) atoms. The summed E-state index contributed by atoms with van der Waals surface area (Å²) in [6, 6.07) is 17.2. The Morgan fingerprint density at radius 1 is 1.04 bits per heavy atom. The fraction of sp³-hybridized carbons (Fsp3) is 0.304. The van der Waals surface area contributed by atoms with E-state index < -0.39 is 0 Å². The van der Waals surface area contributed by atoms with Crippen LogP contribution in [0.2, 0.25) is 0 Å². The number of nitrogens with zero attached hydrogens (tertiary/aromatic N) is 2. The molecule has 1 aliphatic carbocycles. The minimum Gasteiger partial charge on any atom is -0.496 e. The summed E-state index contributed by atoms with van der Waals surface area (Å²) in [5, 5.41) is 3.65. The quantitative estimate of drug-likeness (QED) is 0.690. The summed E-state index contributed by atoms with van der Waals surface area (Å²) in [4.78, 5) is 9.27. The molecule has 0 bridgehead atoms. The highest BCUT2D eigenvalue weighted by molar-refractivity contribution is 5.65. The van der Waals surface area contributed by atoms with Crippen molar-refractivity contribution in [3.8, 4) is 17.0 Å². The highest BCUT2D eigenvalue weighted by Gasteiger charge is 2.20.